The van der Waals surface area contributed by atoms with E-state index in [2.05, 4.69) is 0 Å². The number of benzene rings is 1. The van der Waals surface area contributed by atoms with Crippen LogP contribution in [0.25, 0.3) is 0 Å². The van der Waals surface area contributed by atoms with Gasteiger partial charge in [0.2, 0.25) is 0 Å². The third kappa shape index (κ3) is 5.48. The van der Waals surface area contributed by atoms with Crippen LogP contribution in [0.5, 0.6) is 0 Å². The highest BCUT2D eigenvalue weighted by Gasteiger charge is 2.15. The van der Waals surface area contributed by atoms with Gasteiger partial charge in [0, 0.05) is 6.42 Å². The summed E-state index contributed by atoms with van der Waals surface area (Å²) >= 11 is 0. The summed E-state index contributed by atoms with van der Waals surface area (Å²) in [7, 11) is 0. The van der Waals surface area contributed by atoms with Crippen molar-refractivity contribution in [3.8, 4) is 0 Å². The number of unbranched alkanes of at least 4 members (excludes halogenated alkanes) is 1. The molecule has 0 saturated heterocycles. The molecule has 2 N–H and O–H groups in total. The van der Waals surface area contributed by atoms with Gasteiger partial charge in [-0.1, -0.05) is 36.8 Å². The lowest BCUT2D eigenvalue weighted by atomic mass is 9.90. The van der Waals surface area contributed by atoms with E-state index in [1.54, 1.807) is 0 Å². The van der Waals surface area contributed by atoms with Crippen molar-refractivity contribution in [1.82, 2.24) is 0 Å². The van der Waals surface area contributed by atoms with Crippen molar-refractivity contribution in [1.29, 1.82) is 0 Å². The van der Waals surface area contributed by atoms with Gasteiger partial charge in [0.25, 0.3) is 0 Å². The van der Waals surface area contributed by atoms with Crippen LogP contribution >= 0.6 is 0 Å². The first-order chi connectivity index (χ1) is 8.59. The van der Waals surface area contributed by atoms with Gasteiger partial charge in [-0.05, 0) is 24.3 Å². The first kappa shape index (κ1) is 14.2. The standard InChI is InChI=1S/C14H18O4/c15-13(16)9-5-4-8-12(10-14(17)18)11-6-2-1-3-7-11/h1-3,6-7,12H,4-5,8-10H2,(H,15,16)(H,17,18). The molecule has 18 heavy (non-hydrogen) atoms. The van der Waals surface area contributed by atoms with Crippen LogP contribution in [-0.4, -0.2) is 22.2 Å². The summed E-state index contributed by atoms with van der Waals surface area (Å²) in [6.45, 7) is 0. The molecule has 1 aromatic carbocycles. The summed E-state index contributed by atoms with van der Waals surface area (Å²) in [6.07, 6.45) is 2.28. The zero-order valence-electron chi connectivity index (χ0n) is 10.2. The molecule has 0 spiro atoms. The fourth-order valence-corrected chi connectivity index (χ4v) is 1.99. The highest BCUT2D eigenvalue weighted by atomic mass is 16.4. The van der Waals surface area contributed by atoms with Gasteiger partial charge in [0.15, 0.2) is 0 Å². The maximum absolute atomic E-state index is 10.8. The van der Waals surface area contributed by atoms with Gasteiger partial charge < -0.3 is 10.2 Å². The fourth-order valence-electron chi connectivity index (χ4n) is 1.99. The third-order valence-corrected chi connectivity index (χ3v) is 2.89. The fraction of sp³-hybridized carbons (Fsp3) is 0.429. The molecule has 0 saturated carbocycles. The summed E-state index contributed by atoms with van der Waals surface area (Å²) in [4.78, 5) is 21.2. The van der Waals surface area contributed by atoms with Crippen molar-refractivity contribution >= 4 is 11.9 Å². The molecule has 0 amide bonds. The van der Waals surface area contributed by atoms with Crippen molar-refractivity contribution in [2.75, 3.05) is 0 Å². The quantitative estimate of drug-likeness (QED) is 0.696. The van der Waals surface area contributed by atoms with E-state index in [9.17, 15) is 9.59 Å². The van der Waals surface area contributed by atoms with E-state index in [0.717, 1.165) is 12.0 Å². The Morgan fingerprint density at radius 1 is 1.00 bits per heavy atom. The number of aliphatic carboxylic acids is 2. The average molecular weight is 250 g/mol. The topological polar surface area (TPSA) is 74.6 Å². The van der Waals surface area contributed by atoms with Crippen LogP contribution < -0.4 is 0 Å². The average Bonchev–Trinajstić information content (AvgIpc) is 2.33. The van der Waals surface area contributed by atoms with Gasteiger partial charge in [-0.2, -0.15) is 0 Å². The van der Waals surface area contributed by atoms with E-state index < -0.39 is 11.9 Å². The smallest absolute Gasteiger partial charge is 0.303 e. The maximum atomic E-state index is 10.8. The number of hydrogen-bond donors (Lipinski definition) is 2. The second-order valence-electron chi connectivity index (χ2n) is 4.34. The van der Waals surface area contributed by atoms with Crippen LogP contribution in [0.1, 0.15) is 43.6 Å². The Kier molecular flexibility index (Phi) is 5.91. The highest BCUT2D eigenvalue weighted by molar-refractivity contribution is 5.68. The number of rotatable bonds is 8. The maximum Gasteiger partial charge on any atom is 0.303 e. The zero-order valence-corrected chi connectivity index (χ0v) is 10.2. The van der Waals surface area contributed by atoms with Crippen LogP contribution in [0.2, 0.25) is 0 Å². The number of carboxylic acids is 2. The summed E-state index contributed by atoms with van der Waals surface area (Å²) in [5.74, 6) is -1.65. The monoisotopic (exact) mass is 250 g/mol. The van der Waals surface area contributed by atoms with Crippen molar-refractivity contribution in [2.24, 2.45) is 0 Å². The Bertz CT molecular complexity index is 386. The van der Waals surface area contributed by atoms with Gasteiger partial charge in [0.1, 0.15) is 0 Å². The zero-order chi connectivity index (χ0) is 13.4. The summed E-state index contributed by atoms with van der Waals surface area (Å²) in [5.41, 5.74) is 1.01. The van der Waals surface area contributed by atoms with Gasteiger partial charge in [-0.15, -0.1) is 0 Å². The molecule has 0 bridgehead atoms. The molecule has 98 valence electrons. The lowest BCUT2D eigenvalue weighted by Gasteiger charge is -2.14. The van der Waals surface area contributed by atoms with Crippen LogP contribution in [0.15, 0.2) is 30.3 Å². The minimum atomic E-state index is -0.818. The summed E-state index contributed by atoms with van der Waals surface area (Å²) in [5, 5.41) is 17.4. The normalized spacial score (nSPS) is 12.0. The molecule has 1 rings (SSSR count). The van der Waals surface area contributed by atoms with Crippen molar-refractivity contribution in [2.45, 2.75) is 38.0 Å². The Labute approximate surface area is 106 Å². The summed E-state index contributed by atoms with van der Waals surface area (Å²) < 4.78 is 0. The molecule has 0 aliphatic rings. The molecule has 4 heteroatoms. The number of carbonyl (C=O) groups is 2. The molecule has 1 unspecified atom stereocenters. The van der Waals surface area contributed by atoms with Crippen molar-refractivity contribution in [3.05, 3.63) is 35.9 Å². The van der Waals surface area contributed by atoms with Gasteiger partial charge >= 0.3 is 11.9 Å². The highest BCUT2D eigenvalue weighted by Crippen LogP contribution is 2.25. The van der Waals surface area contributed by atoms with E-state index >= 15 is 0 Å². The minimum absolute atomic E-state index is 0.0301. The van der Waals surface area contributed by atoms with E-state index in [4.69, 9.17) is 10.2 Å². The first-order valence-electron chi connectivity index (χ1n) is 6.08. The van der Waals surface area contributed by atoms with Gasteiger partial charge in [-0.3, -0.25) is 9.59 Å². The molecule has 0 radical (unpaired) electrons. The van der Waals surface area contributed by atoms with Gasteiger partial charge in [0.05, 0.1) is 6.42 Å². The molecule has 0 aromatic heterocycles. The predicted molar refractivity (Wildman–Crippen MR) is 67.5 cm³/mol. The molecule has 0 aliphatic heterocycles. The molecule has 0 aliphatic carbocycles. The SMILES string of the molecule is O=C(O)CCCCC(CC(=O)O)c1ccccc1. The molecular weight excluding hydrogens is 232 g/mol. The third-order valence-electron chi connectivity index (χ3n) is 2.89. The second-order valence-corrected chi connectivity index (χ2v) is 4.34. The summed E-state index contributed by atoms with van der Waals surface area (Å²) in [6, 6.07) is 9.52. The number of hydrogen-bond acceptors (Lipinski definition) is 2. The van der Waals surface area contributed by atoms with Gasteiger partial charge in [-0.25, -0.2) is 0 Å². The predicted octanol–water partition coefficient (Wildman–Crippen LogP) is 2.89. The molecule has 1 aromatic rings. The van der Waals surface area contributed by atoms with Crippen LogP contribution in [0, 0.1) is 0 Å². The Hall–Kier alpha value is -1.84. The molecule has 0 fully saturated rings. The van der Waals surface area contributed by atoms with Crippen LogP contribution in [0.4, 0.5) is 0 Å². The molecule has 1 atom stereocenters. The lowest BCUT2D eigenvalue weighted by molar-refractivity contribution is -0.138. The first-order valence-corrected chi connectivity index (χ1v) is 6.08. The van der Waals surface area contributed by atoms with E-state index in [-0.39, 0.29) is 18.8 Å². The minimum Gasteiger partial charge on any atom is -0.481 e. The van der Waals surface area contributed by atoms with E-state index in [1.807, 2.05) is 30.3 Å². The molecular formula is C14H18O4. The Morgan fingerprint density at radius 2 is 1.67 bits per heavy atom. The van der Waals surface area contributed by atoms with Crippen LogP contribution in [0.3, 0.4) is 0 Å². The largest absolute Gasteiger partial charge is 0.481 e. The number of carboxylic acid groups (broad SMARTS) is 2. The molecule has 0 heterocycles. The second kappa shape index (κ2) is 7.48. The van der Waals surface area contributed by atoms with Crippen molar-refractivity contribution < 1.29 is 19.8 Å². The van der Waals surface area contributed by atoms with E-state index in [1.165, 1.54) is 0 Å². The Morgan fingerprint density at radius 3 is 2.22 bits per heavy atom. The lowest BCUT2D eigenvalue weighted by Crippen LogP contribution is -2.07. The van der Waals surface area contributed by atoms with Crippen molar-refractivity contribution in [3.63, 3.8) is 0 Å². The molecule has 4 nitrogen and oxygen atoms in total. The van der Waals surface area contributed by atoms with E-state index in [0.29, 0.717) is 12.8 Å². The Balaban J connectivity index is 2.51. The van der Waals surface area contributed by atoms with Crippen LogP contribution in [-0.2, 0) is 9.59 Å².